The SMILES string of the molecule is Cc1ccc(C(O)O)c2cc(C(F)(F)F)nn12. The van der Waals surface area contributed by atoms with Crippen molar-refractivity contribution in [3.05, 3.63) is 35.2 Å². The molecule has 0 aliphatic heterocycles. The van der Waals surface area contributed by atoms with E-state index in [1.165, 1.54) is 12.1 Å². The van der Waals surface area contributed by atoms with Crippen LogP contribution in [0.5, 0.6) is 0 Å². The molecule has 2 N–H and O–H groups in total. The number of hydrogen-bond donors (Lipinski definition) is 2. The number of aromatic nitrogens is 2. The molecule has 92 valence electrons. The molecule has 0 unspecified atom stereocenters. The van der Waals surface area contributed by atoms with Crippen molar-refractivity contribution in [3.8, 4) is 0 Å². The molecule has 2 rings (SSSR count). The third-order valence-electron chi connectivity index (χ3n) is 2.41. The van der Waals surface area contributed by atoms with Gasteiger partial charge in [-0.15, -0.1) is 0 Å². The van der Waals surface area contributed by atoms with Crippen LogP contribution in [0.3, 0.4) is 0 Å². The average Bonchev–Trinajstić information content (AvgIpc) is 2.62. The van der Waals surface area contributed by atoms with Crippen molar-refractivity contribution in [3.63, 3.8) is 0 Å². The smallest absolute Gasteiger partial charge is 0.364 e. The molecule has 2 aromatic rings. The monoisotopic (exact) mass is 246 g/mol. The normalized spacial score (nSPS) is 12.6. The van der Waals surface area contributed by atoms with Crippen molar-refractivity contribution in [2.75, 3.05) is 0 Å². The van der Waals surface area contributed by atoms with Crippen LogP contribution >= 0.6 is 0 Å². The zero-order valence-electron chi connectivity index (χ0n) is 8.73. The van der Waals surface area contributed by atoms with E-state index >= 15 is 0 Å². The third kappa shape index (κ3) is 1.98. The van der Waals surface area contributed by atoms with Crippen LogP contribution in [0.15, 0.2) is 18.2 Å². The quantitative estimate of drug-likeness (QED) is 0.752. The zero-order chi connectivity index (χ0) is 12.8. The van der Waals surface area contributed by atoms with Gasteiger partial charge in [0.15, 0.2) is 12.0 Å². The van der Waals surface area contributed by atoms with Crippen molar-refractivity contribution in [1.82, 2.24) is 9.61 Å². The summed E-state index contributed by atoms with van der Waals surface area (Å²) in [6.07, 6.45) is -6.40. The molecule has 7 heteroatoms. The lowest BCUT2D eigenvalue weighted by molar-refractivity contribution is -0.141. The standard InChI is InChI=1S/C10H9F3N2O2/c1-5-2-3-6(9(16)17)7-4-8(10(11,12)13)14-15(5)7/h2-4,9,16-17H,1H3. The van der Waals surface area contributed by atoms with Gasteiger partial charge in [-0.25, -0.2) is 4.52 Å². The number of aryl methyl sites for hydroxylation is 1. The fourth-order valence-electron chi connectivity index (χ4n) is 1.58. The van der Waals surface area contributed by atoms with Crippen LogP contribution in [0.25, 0.3) is 5.52 Å². The van der Waals surface area contributed by atoms with Crippen LogP contribution in [-0.2, 0) is 6.18 Å². The lowest BCUT2D eigenvalue weighted by Crippen LogP contribution is -2.06. The molecule has 0 atom stereocenters. The van der Waals surface area contributed by atoms with Crippen LogP contribution in [0.2, 0.25) is 0 Å². The Balaban J connectivity index is 2.74. The summed E-state index contributed by atoms with van der Waals surface area (Å²) in [5.41, 5.74) is -0.570. The Hall–Kier alpha value is -1.60. The van der Waals surface area contributed by atoms with Gasteiger partial charge < -0.3 is 10.2 Å². The van der Waals surface area contributed by atoms with Gasteiger partial charge in [0.05, 0.1) is 5.52 Å². The Kier molecular flexibility index (Phi) is 2.59. The number of pyridine rings is 1. The van der Waals surface area contributed by atoms with Gasteiger partial charge in [0.1, 0.15) is 0 Å². The maximum Gasteiger partial charge on any atom is 0.435 e. The topological polar surface area (TPSA) is 57.8 Å². The first-order valence-corrected chi connectivity index (χ1v) is 4.73. The molecule has 0 aromatic carbocycles. The van der Waals surface area contributed by atoms with Crippen molar-refractivity contribution in [2.24, 2.45) is 0 Å². The molecule has 0 fully saturated rings. The van der Waals surface area contributed by atoms with Crippen LogP contribution < -0.4 is 0 Å². The minimum Gasteiger partial charge on any atom is -0.364 e. The van der Waals surface area contributed by atoms with E-state index in [2.05, 4.69) is 5.10 Å². The van der Waals surface area contributed by atoms with Crippen LogP contribution in [0.1, 0.15) is 23.2 Å². The molecule has 4 nitrogen and oxygen atoms in total. The van der Waals surface area contributed by atoms with Crippen molar-refractivity contribution < 1.29 is 23.4 Å². The number of halogens is 3. The fourth-order valence-corrected chi connectivity index (χ4v) is 1.58. The average molecular weight is 246 g/mol. The van der Waals surface area contributed by atoms with Gasteiger partial charge in [-0.1, -0.05) is 0 Å². The highest BCUT2D eigenvalue weighted by molar-refractivity contribution is 5.57. The molecule has 2 heterocycles. The summed E-state index contributed by atoms with van der Waals surface area (Å²) in [7, 11) is 0. The first kappa shape index (κ1) is 11.9. The summed E-state index contributed by atoms with van der Waals surface area (Å²) in [5, 5.41) is 21.5. The number of nitrogens with zero attached hydrogens (tertiary/aromatic N) is 2. The van der Waals surface area contributed by atoms with Crippen molar-refractivity contribution >= 4 is 5.52 Å². The van der Waals surface area contributed by atoms with Gasteiger partial charge in [0.25, 0.3) is 0 Å². The molecule has 2 aromatic heterocycles. The number of aliphatic hydroxyl groups excluding tert-OH is 1. The Morgan fingerprint density at radius 2 is 1.94 bits per heavy atom. The summed E-state index contributed by atoms with van der Waals surface area (Å²) in [4.78, 5) is 0. The summed E-state index contributed by atoms with van der Waals surface area (Å²) < 4.78 is 38.5. The second kappa shape index (κ2) is 3.71. The molecule has 17 heavy (non-hydrogen) atoms. The van der Waals surface area contributed by atoms with E-state index in [-0.39, 0.29) is 11.1 Å². The molecule has 0 aliphatic carbocycles. The fraction of sp³-hybridized carbons (Fsp3) is 0.300. The highest BCUT2D eigenvalue weighted by atomic mass is 19.4. The Morgan fingerprint density at radius 3 is 2.47 bits per heavy atom. The molecule has 0 saturated carbocycles. The summed E-state index contributed by atoms with van der Waals surface area (Å²) in [6, 6.07) is 3.62. The summed E-state index contributed by atoms with van der Waals surface area (Å²) in [5.74, 6) is 0. The molecule has 0 bridgehead atoms. The highest BCUT2D eigenvalue weighted by Crippen LogP contribution is 2.30. The van der Waals surface area contributed by atoms with E-state index in [4.69, 9.17) is 10.2 Å². The van der Waals surface area contributed by atoms with E-state index in [0.29, 0.717) is 5.69 Å². The van der Waals surface area contributed by atoms with E-state index in [9.17, 15) is 13.2 Å². The second-order valence-corrected chi connectivity index (χ2v) is 3.63. The van der Waals surface area contributed by atoms with Crippen LogP contribution in [0, 0.1) is 6.92 Å². The number of aliphatic hydroxyl groups is 2. The molecule has 0 spiro atoms. The minimum atomic E-state index is -4.56. The van der Waals surface area contributed by atoms with Crippen molar-refractivity contribution in [2.45, 2.75) is 19.4 Å². The predicted octanol–water partition coefficient (Wildman–Crippen LogP) is 1.64. The maximum absolute atomic E-state index is 12.5. The Morgan fingerprint density at radius 1 is 1.29 bits per heavy atom. The Bertz CT molecular complexity index is 560. The second-order valence-electron chi connectivity index (χ2n) is 3.63. The van der Waals surface area contributed by atoms with E-state index in [0.717, 1.165) is 10.6 Å². The molecule has 0 radical (unpaired) electrons. The molecular formula is C10H9F3N2O2. The van der Waals surface area contributed by atoms with Crippen LogP contribution in [-0.4, -0.2) is 19.8 Å². The number of alkyl halides is 3. The first-order valence-electron chi connectivity index (χ1n) is 4.73. The highest BCUT2D eigenvalue weighted by Gasteiger charge is 2.34. The Labute approximate surface area is 93.9 Å². The zero-order valence-corrected chi connectivity index (χ0v) is 8.73. The molecule has 0 aliphatic rings. The molecule has 0 amide bonds. The minimum absolute atomic E-state index is 0.0152. The lowest BCUT2D eigenvalue weighted by Gasteiger charge is -2.07. The molecular weight excluding hydrogens is 237 g/mol. The van der Waals surface area contributed by atoms with Gasteiger partial charge >= 0.3 is 6.18 Å². The summed E-state index contributed by atoms with van der Waals surface area (Å²) in [6.45, 7) is 1.58. The van der Waals surface area contributed by atoms with Crippen LogP contribution in [0.4, 0.5) is 13.2 Å². The van der Waals surface area contributed by atoms with Gasteiger partial charge in [-0.3, -0.25) is 0 Å². The van der Waals surface area contributed by atoms with E-state index in [1.54, 1.807) is 6.92 Å². The summed E-state index contributed by atoms with van der Waals surface area (Å²) >= 11 is 0. The van der Waals surface area contributed by atoms with Gasteiger partial charge in [-0.05, 0) is 25.1 Å². The number of fused-ring (bicyclic) bond motifs is 1. The molecule has 0 saturated heterocycles. The maximum atomic E-state index is 12.5. The van der Waals surface area contributed by atoms with Gasteiger partial charge in [0.2, 0.25) is 0 Å². The van der Waals surface area contributed by atoms with Gasteiger partial charge in [0, 0.05) is 11.3 Å². The first-order chi connectivity index (χ1) is 7.80. The van der Waals surface area contributed by atoms with E-state index in [1.807, 2.05) is 0 Å². The lowest BCUT2D eigenvalue weighted by atomic mass is 10.2. The number of hydrogen-bond acceptors (Lipinski definition) is 3. The third-order valence-corrected chi connectivity index (χ3v) is 2.41. The predicted molar refractivity (Wildman–Crippen MR) is 52.1 cm³/mol. The van der Waals surface area contributed by atoms with Gasteiger partial charge in [-0.2, -0.15) is 18.3 Å². The number of rotatable bonds is 1. The van der Waals surface area contributed by atoms with E-state index < -0.39 is 18.2 Å². The van der Waals surface area contributed by atoms with Crippen molar-refractivity contribution in [1.29, 1.82) is 0 Å². The largest absolute Gasteiger partial charge is 0.435 e.